The number of likely N-dealkylation sites (tertiary alicyclic amines) is 1. The highest BCUT2D eigenvalue weighted by Crippen LogP contribution is 2.20. The molecule has 4 heteroatoms. The van der Waals surface area contributed by atoms with Crippen molar-refractivity contribution in [2.75, 3.05) is 13.1 Å². The fourth-order valence-corrected chi connectivity index (χ4v) is 3.21. The molecule has 2 heterocycles. The first-order chi connectivity index (χ1) is 11.2. The number of aromatic nitrogens is 2. The average Bonchev–Trinajstić information content (AvgIpc) is 2.58. The Bertz CT molecular complexity index is 639. The van der Waals surface area contributed by atoms with E-state index >= 15 is 0 Å². The highest BCUT2D eigenvalue weighted by molar-refractivity contribution is 5.73. The molecule has 1 aliphatic rings. The first kappa shape index (κ1) is 15.7. The first-order valence-electron chi connectivity index (χ1n) is 8.31. The summed E-state index contributed by atoms with van der Waals surface area (Å²) in [6.07, 6.45) is 3.97. The molecule has 0 aliphatic carbocycles. The molecule has 2 aromatic rings. The van der Waals surface area contributed by atoms with E-state index in [-0.39, 0.29) is 5.91 Å². The Kier molecular flexibility index (Phi) is 5.01. The summed E-state index contributed by atoms with van der Waals surface area (Å²) < 4.78 is 0. The van der Waals surface area contributed by atoms with Crippen LogP contribution in [0.1, 0.15) is 36.7 Å². The molecule has 1 aromatic heterocycles. The molecule has 1 aromatic carbocycles. The molecule has 0 unspecified atom stereocenters. The molecule has 0 N–H and O–H groups in total. The summed E-state index contributed by atoms with van der Waals surface area (Å²) in [6, 6.07) is 14.5. The SMILES string of the molecule is CC(=O)N1CCC[C@H](Cc2ccc(Cc3ccccc3)nn2)C1. The molecule has 0 saturated carbocycles. The minimum atomic E-state index is 0.180. The summed E-state index contributed by atoms with van der Waals surface area (Å²) in [4.78, 5) is 13.5. The van der Waals surface area contributed by atoms with E-state index in [1.807, 2.05) is 23.1 Å². The molecule has 3 rings (SSSR count). The van der Waals surface area contributed by atoms with E-state index in [2.05, 4.69) is 34.5 Å². The summed E-state index contributed by atoms with van der Waals surface area (Å²) in [7, 11) is 0. The third-order valence-corrected chi connectivity index (χ3v) is 4.47. The number of hydrogen-bond donors (Lipinski definition) is 0. The van der Waals surface area contributed by atoms with Gasteiger partial charge in [0, 0.05) is 26.4 Å². The van der Waals surface area contributed by atoms with Gasteiger partial charge in [-0.3, -0.25) is 4.79 Å². The van der Waals surface area contributed by atoms with Crippen LogP contribution in [0.3, 0.4) is 0 Å². The molecule has 0 bridgehead atoms. The van der Waals surface area contributed by atoms with Gasteiger partial charge in [0.25, 0.3) is 0 Å². The largest absolute Gasteiger partial charge is 0.343 e. The van der Waals surface area contributed by atoms with Crippen molar-refractivity contribution in [2.24, 2.45) is 5.92 Å². The molecule has 1 fully saturated rings. The van der Waals surface area contributed by atoms with E-state index in [1.165, 1.54) is 5.56 Å². The van der Waals surface area contributed by atoms with Gasteiger partial charge < -0.3 is 4.90 Å². The number of benzene rings is 1. The lowest BCUT2D eigenvalue weighted by molar-refractivity contribution is -0.130. The molecular weight excluding hydrogens is 286 g/mol. The minimum absolute atomic E-state index is 0.180. The summed E-state index contributed by atoms with van der Waals surface area (Å²) in [5, 5.41) is 8.75. The van der Waals surface area contributed by atoms with Gasteiger partial charge in [0.1, 0.15) is 0 Å². The van der Waals surface area contributed by atoms with Crippen molar-refractivity contribution < 1.29 is 4.79 Å². The lowest BCUT2D eigenvalue weighted by Crippen LogP contribution is -2.39. The third-order valence-electron chi connectivity index (χ3n) is 4.47. The van der Waals surface area contributed by atoms with Crippen molar-refractivity contribution in [1.82, 2.24) is 15.1 Å². The number of nitrogens with zero attached hydrogens (tertiary/aromatic N) is 3. The van der Waals surface area contributed by atoms with Crippen LogP contribution in [0.4, 0.5) is 0 Å². The van der Waals surface area contributed by atoms with E-state index in [0.29, 0.717) is 5.92 Å². The number of rotatable bonds is 4. The summed E-state index contributed by atoms with van der Waals surface area (Å²) in [5.41, 5.74) is 3.27. The minimum Gasteiger partial charge on any atom is -0.343 e. The Hall–Kier alpha value is -2.23. The molecule has 1 amide bonds. The molecule has 120 valence electrons. The predicted octanol–water partition coefficient (Wildman–Crippen LogP) is 2.87. The normalized spacial score (nSPS) is 18.0. The zero-order chi connectivity index (χ0) is 16.1. The molecule has 1 aliphatic heterocycles. The zero-order valence-electron chi connectivity index (χ0n) is 13.6. The fraction of sp³-hybridized carbons (Fsp3) is 0.421. The Balaban J connectivity index is 1.58. The maximum absolute atomic E-state index is 11.5. The fourth-order valence-electron chi connectivity index (χ4n) is 3.21. The van der Waals surface area contributed by atoms with Crippen LogP contribution in [0.2, 0.25) is 0 Å². The lowest BCUT2D eigenvalue weighted by Gasteiger charge is -2.31. The standard InChI is InChI=1S/C19H23N3O/c1-15(23)22-11-5-8-17(14-22)13-19-10-9-18(20-21-19)12-16-6-3-2-4-7-16/h2-4,6-7,9-10,17H,5,8,11-14H2,1H3/t17-/m1/s1. The molecule has 0 spiro atoms. The molecular formula is C19H23N3O. The number of piperidine rings is 1. The van der Waals surface area contributed by atoms with Crippen LogP contribution >= 0.6 is 0 Å². The molecule has 4 nitrogen and oxygen atoms in total. The summed E-state index contributed by atoms with van der Waals surface area (Å²) >= 11 is 0. The third kappa shape index (κ3) is 4.38. The summed E-state index contributed by atoms with van der Waals surface area (Å²) in [5.74, 6) is 0.681. The van der Waals surface area contributed by atoms with Crippen molar-refractivity contribution in [3.8, 4) is 0 Å². The van der Waals surface area contributed by atoms with Gasteiger partial charge in [-0.1, -0.05) is 30.3 Å². The second kappa shape index (κ2) is 7.36. The van der Waals surface area contributed by atoms with Crippen LogP contribution in [0, 0.1) is 5.92 Å². The van der Waals surface area contributed by atoms with Gasteiger partial charge in [-0.05, 0) is 42.9 Å². The van der Waals surface area contributed by atoms with Gasteiger partial charge in [0.05, 0.1) is 11.4 Å². The highest BCUT2D eigenvalue weighted by Gasteiger charge is 2.22. The van der Waals surface area contributed by atoms with Gasteiger partial charge in [-0.25, -0.2) is 0 Å². The number of carbonyl (C=O) groups is 1. The Morgan fingerprint density at radius 1 is 1.13 bits per heavy atom. The Morgan fingerprint density at radius 2 is 1.87 bits per heavy atom. The Morgan fingerprint density at radius 3 is 2.57 bits per heavy atom. The number of carbonyl (C=O) groups excluding carboxylic acids is 1. The topological polar surface area (TPSA) is 46.1 Å². The van der Waals surface area contributed by atoms with Crippen molar-refractivity contribution >= 4 is 5.91 Å². The smallest absolute Gasteiger partial charge is 0.219 e. The second-order valence-electron chi connectivity index (χ2n) is 6.36. The van der Waals surface area contributed by atoms with Gasteiger partial charge in [-0.15, -0.1) is 0 Å². The van der Waals surface area contributed by atoms with Gasteiger partial charge in [-0.2, -0.15) is 10.2 Å². The number of hydrogen-bond acceptors (Lipinski definition) is 3. The second-order valence-corrected chi connectivity index (χ2v) is 6.36. The van der Waals surface area contributed by atoms with Crippen molar-refractivity contribution in [2.45, 2.75) is 32.6 Å². The molecule has 1 atom stereocenters. The van der Waals surface area contributed by atoms with E-state index < -0.39 is 0 Å². The van der Waals surface area contributed by atoms with Crippen LogP contribution in [0.5, 0.6) is 0 Å². The highest BCUT2D eigenvalue weighted by atomic mass is 16.2. The van der Waals surface area contributed by atoms with Crippen LogP contribution in [0.25, 0.3) is 0 Å². The van der Waals surface area contributed by atoms with E-state index in [0.717, 1.165) is 50.2 Å². The molecule has 0 radical (unpaired) electrons. The maximum Gasteiger partial charge on any atom is 0.219 e. The number of amides is 1. The monoisotopic (exact) mass is 309 g/mol. The van der Waals surface area contributed by atoms with Crippen LogP contribution in [0.15, 0.2) is 42.5 Å². The van der Waals surface area contributed by atoms with E-state index in [9.17, 15) is 4.79 Å². The Labute approximate surface area is 137 Å². The van der Waals surface area contributed by atoms with Crippen LogP contribution in [-0.2, 0) is 17.6 Å². The van der Waals surface area contributed by atoms with Gasteiger partial charge >= 0.3 is 0 Å². The summed E-state index contributed by atoms with van der Waals surface area (Å²) in [6.45, 7) is 3.40. The van der Waals surface area contributed by atoms with Crippen LogP contribution in [-0.4, -0.2) is 34.1 Å². The van der Waals surface area contributed by atoms with Crippen molar-refractivity contribution in [3.63, 3.8) is 0 Å². The van der Waals surface area contributed by atoms with E-state index in [4.69, 9.17) is 0 Å². The zero-order valence-corrected chi connectivity index (χ0v) is 13.6. The lowest BCUT2D eigenvalue weighted by atomic mass is 9.93. The van der Waals surface area contributed by atoms with Crippen molar-refractivity contribution in [3.05, 3.63) is 59.4 Å². The maximum atomic E-state index is 11.5. The van der Waals surface area contributed by atoms with E-state index in [1.54, 1.807) is 6.92 Å². The quantitative estimate of drug-likeness (QED) is 0.872. The first-order valence-corrected chi connectivity index (χ1v) is 8.31. The van der Waals surface area contributed by atoms with Crippen molar-refractivity contribution in [1.29, 1.82) is 0 Å². The predicted molar refractivity (Wildman–Crippen MR) is 90.0 cm³/mol. The molecule has 23 heavy (non-hydrogen) atoms. The van der Waals surface area contributed by atoms with Gasteiger partial charge in [0.2, 0.25) is 5.91 Å². The van der Waals surface area contributed by atoms with Crippen LogP contribution < -0.4 is 0 Å². The molecule has 1 saturated heterocycles. The average molecular weight is 309 g/mol. The van der Waals surface area contributed by atoms with Gasteiger partial charge in [0.15, 0.2) is 0 Å².